The molecular formula is C35H20ClF3N2O4S. The van der Waals surface area contributed by atoms with Crippen LogP contribution in [0.2, 0.25) is 5.02 Å². The van der Waals surface area contributed by atoms with Gasteiger partial charge in [0.15, 0.2) is 0 Å². The maximum atomic E-state index is 14.8. The number of aromatic nitrogens is 1. The third-order valence-electron chi connectivity index (χ3n) is 7.50. The van der Waals surface area contributed by atoms with Gasteiger partial charge in [-0.3, -0.25) is 0 Å². The Morgan fingerprint density at radius 3 is 2.22 bits per heavy atom. The molecule has 0 fully saturated rings. The van der Waals surface area contributed by atoms with Crippen molar-refractivity contribution in [2.24, 2.45) is 0 Å². The van der Waals surface area contributed by atoms with Crippen LogP contribution < -0.4 is 0 Å². The third-order valence-corrected chi connectivity index (χ3v) is 9.54. The quantitative estimate of drug-likeness (QED) is 0.185. The average molecular weight is 657 g/mol. The zero-order valence-electron chi connectivity index (χ0n) is 23.5. The van der Waals surface area contributed by atoms with E-state index in [0.717, 1.165) is 34.3 Å². The molecule has 0 aliphatic heterocycles. The highest BCUT2D eigenvalue weighted by molar-refractivity contribution is 7.90. The predicted molar refractivity (Wildman–Crippen MR) is 169 cm³/mol. The Hall–Kier alpha value is -5.37. The van der Waals surface area contributed by atoms with Crippen LogP contribution in [-0.2, 0) is 10.0 Å². The number of carboxylic acid groups (broad SMARTS) is 1. The summed E-state index contributed by atoms with van der Waals surface area (Å²) in [6, 6.07) is 27.3. The molecule has 11 heteroatoms. The van der Waals surface area contributed by atoms with E-state index in [4.69, 9.17) is 11.6 Å². The topological polar surface area (TPSA) is 100 Å². The lowest BCUT2D eigenvalue weighted by Gasteiger charge is -2.15. The molecule has 228 valence electrons. The summed E-state index contributed by atoms with van der Waals surface area (Å²) >= 11 is 6.48. The van der Waals surface area contributed by atoms with E-state index in [0.29, 0.717) is 27.8 Å². The van der Waals surface area contributed by atoms with Crippen LogP contribution >= 0.6 is 11.6 Å². The second-order valence-electron chi connectivity index (χ2n) is 10.3. The smallest absolute Gasteiger partial charge is 0.335 e. The molecule has 1 aromatic heterocycles. The van der Waals surface area contributed by atoms with E-state index in [9.17, 15) is 36.8 Å². The fourth-order valence-corrected chi connectivity index (χ4v) is 7.23. The summed E-state index contributed by atoms with van der Waals surface area (Å²) < 4.78 is 71.4. The molecule has 0 amide bonds. The van der Waals surface area contributed by atoms with Crippen LogP contribution in [0.1, 0.15) is 27.9 Å². The van der Waals surface area contributed by atoms with Gasteiger partial charge >= 0.3 is 5.97 Å². The molecule has 0 aliphatic carbocycles. The van der Waals surface area contributed by atoms with Crippen molar-refractivity contribution in [2.75, 3.05) is 0 Å². The molecule has 0 radical (unpaired) electrons. The Morgan fingerprint density at radius 1 is 0.848 bits per heavy atom. The zero-order valence-corrected chi connectivity index (χ0v) is 25.0. The first-order valence-electron chi connectivity index (χ1n) is 13.6. The van der Waals surface area contributed by atoms with Gasteiger partial charge in [-0.15, -0.1) is 0 Å². The van der Waals surface area contributed by atoms with Crippen LogP contribution in [0.15, 0.2) is 114 Å². The van der Waals surface area contributed by atoms with E-state index < -0.39 is 28.2 Å². The molecule has 1 heterocycles. The molecular weight excluding hydrogens is 637 g/mol. The van der Waals surface area contributed by atoms with E-state index in [2.05, 4.69) is 6.07 Å². The van der Waals surface area contributed by atoms with Crippen LogP contribution in [0.25, 0.3) is 44.4 Å². The minimum atomic E-state index is -4.51. The number of alkyl halides is 2. The molecule has 46 heavy (non-hydrogen) atoms. The predicted octanol–water partition coefficient (Wildman–Crippen LogP) is 9.18. The lowest BCUT2D eigenvalue weighted by Crippen LogP contribution is -2.14. The van der Waals surface area contributed by atoms with Gasteiger partial charge < -0.3 is 5.11 Å². The molecule has 0 aliphatic rings. The molecule has 0 bridgehead atoms. The standard InChI is InChI=1S/C35H20ClF3N2O4S/c36-30-17-25(35(42)43)9-13-28(30)22-4-2-6-24(16-22)33-32(23-5-1-3-20(15-23)19-40)29-18-26(37)10-14-31(29)41(33)46(44,45)27-11-7-21(8-12-27)34(38)39/h1-18,34H,(H,42,43). The van der Waals surface area contributed by atoms with Crippen LogP contribution in [0.5, 0.6) is 0 Å². The lowest BCUT2D eigenvalue weighted by atomic mass is 9.95. The molecule has 0 saturated carbocycles. The number of hydrogen-bond acceptors (Lipinski definition) is 4. The van der Waals surface area contributed by atoms with E-state index >= 15 is 0 Å². The van der Waals surface area contributed by atoms with Crippen molar-refractivity contribution in [3.05, 3.63) is 137 Å². The SMILES string of the molecule is N#Cc1cccc(-c2c(-c3cccc(-c4ccc(C(=O)O)cc4Cl)c3)n(S(=O)(=O)c3ccc(C(F)F)cc3)c3ccc(F)cc23)c1. The van der Waals surface area contributed by atoms with Gasteiger partial charge in [-0.1, -0.05) is 60.1 Å². The van der Waals surface area contributed by atoms with Crippen LogP contribution in [0, 0.1) is 17.1 Å². The minimum absolute atomic E-state index is 0.0179. The van der Waals surface area contributed by atoms with E-state index in [1.165, 1.54) is 30.3 Å². The molecule has 6 aromatic rings. The van der Waals surface area contributed by atoms with E-state index in [-0.39, 0.29) is 43.2 Å². The zero-order chi connectivity index (χ0) is 32.7. The van der Waals surface area contributed by atoms with Gasteiger partial charge in [0.1, 0.15) is 5.82 Å². The number of hydrogen-bond donors (Lipinski definition) is 1. The Labute approximate surface area is 266 Å². The van der Waals surface area contributed by atoms with Gasteiger partial charge in [-0.2, -0.15) is 5.26 Å². The molecule has 0 saturated heterocycles. The van der Waals surface area contributed by atoms with Crippen molar-refractivity contribution in [2.45, 2.75) is 11.3 Å². The largest absolute Gasteiger partial charge is 0.478 e. The molecule has 0 spiro atoms. The number of carboxylic acids is 1. The van der Waals surface area contributed by atoms with Gasteiger partial charge in [0.25, 0.3) is 16.4 Å². The summed E-state index contributed by atoms with van der Waals surface area (Å²) in [5.74, 6) is -1.79. The molecule has 5 aromatic carbocycles. The average Bonchev–Trinajstić information content (AvgIpc) is 3.40. The number of nitriles is 1. The molecule has 0 unspecified atom stereocenters. The second kappa shape index (κ2) is 11.9. The monoisotopic (exact) mass is 656 g/mol. The summed E-state index contributed by atoms with van der Waals surface area (Å²) in [4.78, 5) is 11.2. The molecule has 1 N–H and O–H groups in total. The Bertz CT molecular complexity index is 2330. The Kier molecular flexibility index (Phi) is 7.90. The minimum Gasteiger partial charge on any atom is -0.478 e. The van der Waals surface area contributed by atoms with Gasteiger partial charge in [0.2, 0.25) is 0 Å². The first kappa shape index (κ1) is 30.6. The number of benzene rings is 5. The Morgan fingerprint density at radius 2 is 1.54 bits per heavy atom. The lowest BCUT2D eigenvalue weighted by molar-refractivity contribution is 0.0697. The normalized spacial score (nSPS) is 11.6. The number of nitrogens with zero attached hydrogens (tertiary/aromatic N) is 2. The number of aromatic carboxylic acids is 1. The summed E-state index contributed by atoms with van der Waals surface area (Å²) in [6.07, 6.45) is -2.80. The molecule has 6 rings (SSSR count). The molecule has 6 nitrogen and oxygen atoms in total. The maximum Gasteiger partial charge on any atom is 0.335 e. The summed E-state index contributed by atoms with van der Waals surface area (Å²) in [5.41, 5.74) is 2.24. The summed E-state index contributed by atoms with van der Waals surface area (Å²) in [6.45, 7) is 0. The third kappa shape index (κ3) is 5.40. The summed E-state index contributed by atoms with van der Waals surface area (Å²) in [5, 5.41) is 19.4. The van der Waals surface area contributed by atoms with Gasteiger partial charge in [-0.05, 0) is 71.8 Å². The highest BCUT2D eigenvalue weighted by atomic mass is 35.5. The van der Waals surface area contributed by atoms with Crippen molar-refractivity contribution in [1.29, 1.82) is 5.26 Å². The van der Waals surface area contributed by atoms with Crippen molar-refractivity contribution < 1.29 is 31.5 Å². The van der Waals surface area contributed by atoms with Crippen LogP contribution in [-0.4, -0.2) is 23.5 Å². The highest BCUT2D eigenvalue weighted by Crippen LogP contribution is 2.44. The molecule has 0 atom stereocenters. The fraction of sp³-hybridized carbons (Fsp3) is 0.0286. The highest BCUT2D eigenvalue weighted by Gasteiger charge is 2.29. The van der Waals surface area contributed by atoms with Crippen molar-refractivity contribution in [3.8, 4) is 39.6 Å². The number of rotatable bonds is 7. The number of carbonyl (C=O) groups is 1. The van der Waals surface area contributed by atoms with Crippen molar-refractivity contribution in [3.63, 3.8) is 0 Å². The fourth-order valence-electron chi connectivity index (χ4n) is 5.39. The van der Waals surface area contributed by atoms with Crippen molar-refractivity contribution in [1.82, 2.24) is 3.97 Å². The maximum absolute atomic E-state index is 14.8. The van der Waals surface area contributed by atoms with Gasteiger partial charge in [0.05, 0.1) is 33.3 Å². The van der Waals surface area contributed by atoms with Crippen LogP contribution in [0.3, 0.4) is 0 Å². The number of halogens is 4. The van der Waals surface area contributed by atoms with Crippen molar-refractivity contribution >= 4 is 38.5 Å². The van der Waals surface area contributed by atoms with Gasteiger partial charge in [0, 0.05) is 32.7 Å². The second-order valence-corrected chi connectivity index (χ2v) is 12.5. The van der Waals surface area contributed by atoms with E-state index in [1.54, 1.807) is 48.5 Å². The van der Waals surface area contributed by atoms with E-state index in [1.807, 2.05) is 0 Å². The first-order valence-corrected chi connectivity index (χ1v) is 15.4. The first-order chi connectivity index (χ1) is 22.0. The Balaban J connectivity index is 1.70. The van der Waals surface area contributed by atoms with Crippen LogP contribution in [0.4, 0.5) is 13.2 Å². The number of fused-ring (bicyclic) bond motifs is 1. The summed E-state index contributed by atoms with van der Waals surface area (Å²) in [7, 11) is -4.51. The van der Waals surface area contributed by atoms with Gasteiger partial charge in [-0.25, -0.2) is 30.4 Å².